The fourth-order valence-corrected chi connectivity index (χ4v) is 2.09. The Bertz CT molecular complexity index is 305. The highest BCUT2D eigenvalue weighted by Gasteiger charge is 2.26. The van der Waals surface area contributed by atoms with E-state index in [0.29, 0.717) is 0 Å². The third-order valence-electron chi connectivity index (χ3n) is 2.44. The van der Waals surface area contributed by atoms with Crippen LogP contribution < -0.4 is 4.72 Å². The van der Waals surface area contributed by atoms with Crippen molar-refractivity contribution in [3.63, 3.8) is 0 Å². The summed E-state index contributed by atoms with van der Waals surface area (Å²) in [6.45, 7) is 0. The zero-order valence-corrected chi connectivity index (χ0v) is 9.30. The van der Waals surface area contributed by atoms with Gasteiger partial charge in [-0.25, -0.2) is 4.72 Å². The number of carbonyl (C=O) groups is 1. The molecule has 0 unspecified atom stereocenters. The Morgan fingerprint density at radius 1 is 1.29 bits per heavy atom. The van der Waals surface area contributed by atoms with Crippen LogP contribution in [0.1, 0.15) is 25.7 Å². The van der Waals surface area contributed by atoms with Crippen LogP contribution >= 0.6 is 0 Å². The van der Waals surface area contributed by atoms with Crippen molar-refractivity contribution in [2.75, 3.05) is 14.1 Å². The molecule has 1 aliphatic carbocycles. The molecule has 1 saturated carbocycles. The summed E-state index contributed by atoms with van der Waals surface area (Å²) in [6.07, 6.45) is 3.63. The standard InChI is InChI=1S/C8H16N2O3S/c1-10(2)14(12,13)9-8(11)7-5-3-4-6-7/h7H,3-6H2,1-2H3,(H,9,11). The second kappa shape index (κ2) is 4.27. The first-order valence-corrected chi connectivity index (χ1v) is 6.11. The maximum Gasteiger partial charge on any atom is 0.303 e. The zero-order chi connectivity index (χ0) is 10.8. The quantitative estimate of drug-likeness (QED) is 0.733. The summed E-state index contributed by atoms with van der Waals surface area (Å²) in [6, 6.07) is 0. The van der Waals surface area contributed by atoms with Crippen molar-refractivity contribution in [3.05, 3.63) is 0 Å². The molecule has 0 aromatic rings. The lowest BCUT2D eigenvalue weighted by Gasteiger charge is -2.14. The molecular weight excluding hydrogens is 204 g/mol. The van der Waals surface area contributed by atoms with E-state index in [1.165, 1.54) is 14.1 Å². The van der Waals surface area contributed by atoms with Crippen LogP contribution in [0.3, 0.4) is 0 Å². The first kappa shape index (κ1) is 11.5. The Kier molecular flexibility index (Phi) is 3.49. The zero-order valence-electron chi connectivity index (χ0n) is 8.49. The van der Waals surface area contributed by atoms with Crippen molar-refractivity contribution in [2.45, 2.75) is 25.7 Å². The maximum absolute atomic E-state index is 11.4. The van der Waals surface area contributed by atoms with Gasteiger partial charge in [0.2, 0.25) is 5.91 Å². The minimum Gasteiger partial charge on any atom is -0.274 e. The molecule has 0 aliphatic heterocycles. The molecule has 0 saturated heterocycles. The highest BCUT2D eigenvalue weighted by atomic mass is 32.2. The smallest absolute Gasteiger partial charge is 0.274 e. The van der Waals surface area contributed by atoms with E-state index in [9.17, 15) is 13.2 Å². The van der Waals surface area contributed by atoms with Gasteiger partial charge in [0.25, 0.3) is 0 Å². The van der Waals surface area contributed by atoms with E-state index in [2.05, 4.69) is 4.72 Å². The van der Waals surface area contributed by atoms with Crippen molar-refractivity contribution >= 4 is 16.1 Å². The number of rotatable bonds is 3. The van der Waals surface area contributed by atoms with Gasteiger partial charge in [-0.2, -0.15) is 12.7 Å². The summed E-state index contributed by atoms with van der Waals surface area (Å²) >= 11 is 0. The third kappa shape index (κ3) is 2.68. The Morgan fingerprint density at radius 3 is 2.21 bits per heavy atom. The van der Waals surface area contributed by atoms with Gasteiger partial charge in [-0.1, -0.05) is 12.8 Å². The van der Waals surface area contributed by atoms with Crippen molar-refractivity contribution in [2.24, 2.45) is 5.92 Å². The average Bonchev–Trinajstić information content (AvgIpc) is 2.54. The van der Waals surface area contributed by atoms with Gasteiger partial charge in [0.1, 0.15) is 0 Å². The lowest BCUT2D eigenvalue weighted by Crippen LogP contribution is -2.41. The second-order valence-electron chi connectivity index (χ2n) is 3.74. The van der Waals surface area contributed by atoms with Gasteiger partial charge in [0, 0.05) is 20.0 Å². The molecule has 0 radical (unpaired) electrons. The number of amides is 1. The highest BCUT2D eigenvalue weighted by molar-refractivity contribution is 7.87. The van der Waals surface area contributed by atoms with Crippen molar-refractivity contribution in [1.82, 2.24) is 9.03 Å². The van der Waals surface area contributed by atoms with E-state index < -0.39 is 10.2 Å². The minimum absolute atomic E-state index is 0.121. The molecule has 0 aromatic heterocycles. The maximum atomic E-state index is 11.4. The number of hydrogen-bond acceptors (Lipinski definition) is 3. The summed E-state index contributed by atoms with van der Waals surface area (Å²) in [4.78, 5) is 11.4. The number of hydrogen-bond donors (Lipinski definition) is 1. The lowest BCUT2D eigenvalue weighted by molar-refractivity contribution is -0.123. The molecule has 0 heterocycles. The predicted octanol–water partition coefficient (Wildman–Crippen LogP) is 0.0992. The molecule has 14 heavy (non-hydrogen) atoms. The summed E-state index contributed by atoms with van der Waals surface area (Å²) in [7, 11) is -0.815. The molecule has 0 aromatic carbocycles. The highest BCUT2D eigenvalue weighted by Crippen LogP contribution is 2.24. The van der Waals surface area contributed by atoms with Crippen LogP contribution in [-0.4, -0.2) is 32.7 Å². The summed E-state index contributed by atoms with van der Waals surface area (Å²) in [5.74, 6) is -0.485. The molecule has 1 rings (SSSR count). The van der Waals surface area contributed by atoms with E-state index in [-0.39, 0.29) is 11.8 Å². The Labute approximate surface area is 84.7 Å². The Hall–Kier alpha value is -0.620. The molecule has 1 fully saturated rings. The van der Waals surface area contributed by atoms with Crippen LogP contribution in [0.5, 0.6) is 0 Å². The fourth-order valence-electron chi connectivity index (χ4n) is 1.49. The number of carbonyl (C=O) groups excluding carboxylic acids is 1. The van der Waals surface area contributed by atoms with E-state index in [1.807, 2.05) is 0 Å². The predicted molar refractivity (Wildman–Crippen MR) is 52.7 cm³/mol. The lowest BCUT2D eigenvalue weighted by atomic mass is 10.1. The van der Waals surface area contributed by atoms with E-state index >= 15 is 0 Å². The molecule has 82 valence electrons. The SMILES string of the molecule is CN(C)S(=O)(=O)NC(=O)C1CCCC1. The Balaban J connectivity index is 2.56. The minimum atomic E-state index is -3.60. The summed E-state index contributed by atoms with van der Waals surface area (Å²) in [5, 5.41) is 0. The topological polar surface area (TPSA) is 66.5 Å². The molecule has 6 heteroatoms. The largest absolute Gasteiger partial charge is 0.303 e. The van der Waals surface area contributed by atoms with E-state index in [0.717, 1.165) is 30.0 Å². The van der Waals surface area contributed by atoms with Gasteiger partial charge < -0.3 is 0 Å². The Morgan fingerprint density at radius 2 is 1.79 bits per heavy atom. The van der Waals surface area contributed by atoms with Crippen molar-refractivity contribution in [3.8, 4) is 0 Å². The van der Waals surface area contributed by atoms with Gasteiger partial charge in [0.05, 0.1) is 0 Å². The molecule has 0 bridgehead atoms. The molecule has 1 N–H and O–H groups in total. The monoisotopic (exact) mass is 220 g/mol. The normalized spacial score (nSPS) is 18.8. The number of nitrogens with one attached hydrogen (secondary N) is 1. The molecule has 5 nitrogen and oxygen atoms in total. The van der Waals surface area contributed by atoms with Crippen molar-refractivity contribution < 1.29 is 13.2 Å². The van der Waals surface area contributed by atoms with Gasteiger partial charge in [-0.15, -0.1) is 0 Å². The number of nitrogens with zero attached hydrogens (tertiary/aromatic N) is 1. The van der Waals surface area contributed by atoms with Crippen LogP contribution in [-0.2, 0) is 15.0 Å². The molecule has 1 aliphatic rings. The first-order chi connectivity index (χ1) is 6.43. The van der Waals surface area contributed by atoms with Gasteiger partial charge in [-0.05, 0) is 12.8 Å². The van der Waals surface area contributed by atoms with Gasteiger partial charge in [-0.3, -0.25) is 4.79 Å². The van der Waals surface area contributed by atoms with Crippen LogP contribution in [0.2, 0.25) is 0 Å². The van der Waals surface area contributed by atoms with Crippen LogP contribution in [0.15, 0.2) is 0 Å². The van der Waals surface area contributed by atoms with Crippen LogP contribution in [0.25, 0.3) is 0 Å². The van der Waals surface area contributed by atoms with Gasteiger partial charge in [0.15, 0.2) is 0 Å². The second-order valence-corrected chi connectivity index (χ2v) is 5.62. The third-order valence-corrected chi connectivity index (χ3v) is 3.86. The fraction of sp³-hybridized carbons (Fsp3) is 0.875. The van der Waals surface area contributed by atoms with Crippen LogP contribution in [0, 0.1) is 5.92 Å². The van der Waals surface area contributed by atoms with E-state index in [4.69, 9.17) is 0 Å². The molecule has 0 spiro atoms. The molecule has 1 amide bonds. The van der Waals surface area contributed by atoms with E-state index in [1.54, 1.807) is 0 Å². The average molecular weight is 220 g/mol. The van der Waals surface area contributed by atoms with Crippen molar-refractivity contribution in [1.29, 1.82) is 0 Å². The first-order valence-electron chi connectivity index (χ1n) is 4.67. The summed E-state index contributed by atoms with van der Waals surface area (Å²) in [5.41, 5.74) is 0. The van der Waals surface area contributed by atoms with Crippen LogP contribution in [0.4, 0.5) is 0 Å². The molecular formula is C8H16N2O3S. The molecule has 0 atom stereocenters. The van der Waals surface area contributed by atoms with Gasteiger partial charge >= 0.3 is 10.2 Å². The summed E-state index contributed by atoms with van der Waals surface area (Å²) < 4.78 is 25.6.